The molecule has 0 aliphatic carbocycles. The lowest BCUT2D eigenvalue weighted by Gasteiger charge is -2.24. The number of aryl methyl sites for hydroxylation is 1. The molecule has 0 aromatic carbocycles. The highest BCUT2D eigenvalue weighted by Crippen LogP contribution is 2.33. The Morgan fingerprint density at radius 1 is 1.50 bits per heavy atom. The third kappa shape index (κ3) is 3.35. The van der Waals surface area contributed by atoms with E-state index in [0.29, 0.717) is 5.56 Å². The van der Waals surface area contributed by atoms with Crippen molar-refractivity contribution in [1.82, 2.24) is 9.55 Å². The molecular formula is C13H19N5O6. The standard InChI is InChI=1S/C13H19N5O6/c1-6-5-18(13(21)16-11(6)20)8-7(4-15-17-14)24-10(9(8)19)12(22-2)23-3/h5,7-10,12,19H,4H2,1-3H3,(H,16,20,21)/t7-,8-,9+,10+/m0/s1. The largest absolute Gasteiger partial charge is 0.388 e. The van der Waals surface area contributed by atoms with Crippen LogP contribution >= 0.6 is 0 Å². The Bertz CT molecular complexity index is 735. The monoisotopic (exact) mass is 341 g/mol. The van der Waals surface area contributed by atoms with E-state index in [1.54, 1.807) is 0 Å². The van der Waals surface area contributed by atoms with E-state index in [1.165, 1.54) is 31.9 Å². The average Bonchev–Trinajstić information content (AvgIpc) is 2.87. The van der Waals surface area contributed by atoms with Gasteiger partial charge in [-0.3, -0.25) is 14.3 Å². The number of nitrogens with zero attached hydrogens (tertiary/aromatic N) is 4. The SMILES string of the molecule is COC(OC)[C@@H]1O[C@@H](CN=[N+]=[N-])[C@H](n2cc(C)c(=O)[nH]c2=O)[C@H]1O. The number of hydrogen-bond donors (Lipinski definition) is 2. The number of H-pyrrole nitrogens is 1. The van der Waals surface area contributed by atoms with Crippen LogP contribution in [0.25, 0.3) is 10.4 Å². The van der Waals surface area contributed by atoms with E-state index in [9.17, 15) is 14.7 Å². The summed E-state index contributed by atoms with van der Waals surface area (Å²) in [5.74, 6) is 0. The number of hydrogen-bond acceptors (Lipinski definition) is 7. The highest BCUT2D eigenvalue weighted by Gasteiger charge is 2.48. The summed E-state index contributed by atoms with van der Waals surface area (Å²) in [5, 5.41) is 14.1. The van der Waals surface area contributed by atoms with Gasteiger partial charge in [-0.25, -0.2) is 4.79 Å². The molecular weight excluding hydrogens is 322 g/mol. The highest BCUT2D eigenvalue weighted by molar-refractivity contribution is 5.06. The first-order valence-corrected chi connectivity index (χ1v) is 7.16. The van der Waals surface area contributed by atoms with Crippen LogP contribution in [0.3, 0.4) is 0 Å². The van der Waals surface area contributed by atoms with Gasteiger partial charge in [-0.15, -0.1) is 0 Å². The smallest absolute Gasteiger partial charge is 0.328 e. The molecule has 0 radical (unpaired) electrons. The molecule has 1 saturated heterocycles. The van der Waals surface area contributed by atoms with Crippen LogP contribution in [0.15, 0.2) is 20.9 Å². The van der Waals surface area contributed by atoms with Crippen molar-refractivity contribution in [3.8, 4) is 0 Å². The van der Waals surface area contributed by atoms with Crippen LogP contribution in [-0.2, 0) is 14.2 Å². The molecule has 4 atom stereocenters. The first-order valence-electron chi connectivity index (χ1n) is 7.16. The third-order valence-corrected chi connectivity index (χ3v) is 3.92. The molecule has 0 saturated carbocycles. The Kier molecular flexibility index (Phi) is 5.75. The van der Waals surface area contributed by atoms with Crippen LogP contribution in [0.5, 0.6) is 0 Å². The van der Waals surface area contributed by atoms with Crippen LogP contribution in [0, 0.1) is 6.92 Å². The van der Waals surface area contributed by atoms with Gasteiger partial charge in [0.2, 0.25) is 0 Å². The van der Waals surface area contributed by atoms with Gasteiger partial charge in [-0.1, -0.05) is 5.11 Å². The van der Waals surface area contributed by atoms with Gasteiger partial charge in [0, 0.05) is 30.9 Å². The molecule has 0 bridgehead atoms. The van der Waals surface area contributed by atoms with Crippen molar-refractivity contribution >= 4 is 0 Å². The van der Waals surface area contributed by atoms with Gasteiger partial charge in [0.1, 0.15) is 12.2 Å². The Morgan fingerprint density at radius 3 is 2.75 bits per heavy atom. The lowest BCUT2D eigenvalue weighted by atomic mass is 10.0. The number of aliphatic hydroxyl groups excluding tert-OH is 1. The summed E-state index contributed by atoms with van der Waals surface area (Å²) in [6.07, 6.45) is -2.42. The molecule has 24 heavy (non-hydrogen) atoms. The number of methoxy groups -OCH3 is 2. The predicted octanol–water partition coefficient (Wildman–Crippen LogP) is -0.556. The lowest BCUT2D eigenvalue weighted by molar-refractivity contribution is -0.191. The van der Waals surface area contributed by atoms with Gasteiger partial charge >= 0.3 is 5.69 Å². The molecule has 11 nitrogen and oxygen atoms in total. The van der Waals surface area contributed by atoms with E-state index in [1.807, 2.05) is 0 Å². The zero-order chi connectivity index (χ0) is 17.9. The van der Waals surface area contributed by atoms with Gasteiger partial charge in [0.25, 0.3) is 5.56 Å². The second-order valence-electron chi connectivity index (χ2n) is 5.35. The van der Waals surface area contributed by atoms with Crippen molar-refractivity contribution in [3.63, 3.8) is 0 Å². The van der Waals surface area contributed by atoms with Crippen LogP contribution in [-0.4, -0.2) is 60.0 Å². The highest BCUT2D eigenvalue weighted by atomic mass is 16.7. The molecule has 0 amide bonds. The number of azide groups is 1. The number of aromatic nitrogens is 2. The number of aromatic amines is 1. The number of aliphatic hydroxyl groups is 1. The zero-order valence-corrected chi connectivity index (χ0v) is 13.4. The van der Waals surface area contributed by atoms with E-state index in [0.717, 1.165) is 0 Å². The maximum atomic E-state index is 12.1. The van der Waals surface area contributed by atoms with Crippen LogP contribution in [0.1, 0.15) is 11.6 Å². The summed E-state index contributed by atoms with van der Waals surface area (Å²) in [7, 11) is 2.77. The fourth-order valence-electron chi connectivity index (χ4n) is 2.79. The van der Waals surface area contributed by atoms with Crippen LogP contribution < -0.4 is 11.2 Å². The molecule has 2 heterocycles. The Balaban J connectivity index is 2.47. The second kappa shape index (κ2) is 7.60. The summed E-state index contributed by atoms with van der Waals surface area (Å²) >= 11 is 0. The number of rotatable bonds is 6. The third-order valence-electron chi connectivity index (χ3n) is 3.92. The van der Waals surface area contributed by atoms with Crippen molar-refractivity contribution in [2.75, 3.05) is 20.8 Å². The van der Waals surface area contributed by atoms with Crippen molar-refractivity contribution < 1.29 is 19.3 Å². The van der Waals surface area contributed by atoms with Crippen molar-refractivity contribution in [2.45, 2.75) is 37.6 Å². The van der Waals surface area contributed by atoms with Gasteiger partial charge in [-0.05, 0) is 12.5 Å². The minimum absolute atomic E-state index is 0.112. The molecule has 2 N–H and O–H groups in total. The molecule has 2 rings (SSSR count). The average molecular weight is 341 g/mol. The molecule has 1 aliphatic heterocycles. The molecule has 1 aromatic rings. The van der Waals surface area contributed by atoms with Crippen molar-refractivity contribution in [1.29, 1.82) is 0 Å². The summed E-state index contributed by atoms with van der Waals surface area (Å²) in [6, 6.07) is -0.878. The molecule has 0 unspecified atom stereocenters. The van der Waals surface area contributed by atoms with Gasteiger partial charge in [-0.2, -0.15) is 0 Å². The van der Waals surface area contributed by atoms with E-state index in [2.05, 4.69) is 15.0 Å². The molecule has 132 valence electrons. The molecule has 1 aromatic heterocycles. The molecule has 1 aliphatic rings. The number of nitrogens with one attached hydrogen (secondary N) is 1. The minimum atomic E-state index is -1.18. The van der Waals surface area contributed by atoms with Crippen LogP contribution in [0.4, 0.5) is 0 Å². The van der Waals surface area contributed by atoms with Gasteiger partial charge in [0.15, 0.2) is 6.29 Å². The van der Waals surface area contributed by atoms with Gasteiger partial charge < -0.3 is 19.3 Å². The molecule has 0 spiro atoms. The predicted molar refractivity (Wildman–Crippen MR) is 81.6 cm³/mol. The Morgan fingerprint density at radius 2 is 2.17 bits per heavy atom. The van der Waals surface area contributed by atoms with E-state index in [4.69, 9.17) is 19.7 Å². The first-order chi connectivity index (χ1) is 11.4. The van der Waals surface area contributed by atoms with E-state index in [-0.39, 0.29) is 6.54 Å². The quantitative estimate of drug-likeness (QED) is 0.306. The topological polar surface area (TPSA) is 152 Å². The number of ether oxygens (including phenoxy) is 3. The maximum absolute atomic E-state index is 12.1. The molecule has 1 fully saturated rings. The molecule has 11 heteroatoms. The van der Waals surface area contributed by atoms with Crippen molar-refractivity contribution in [2.24, 2.45) is 5.11 Å². The summed E-state index contributed by atoms with van der Waals surface area (Å²) in [5.41, 5.74) is 7.61. The normalized spacial score (nSPS) is 26.5. The first kappa shape index (κ1) is 18.2. The van der Waals surface area contributed by atoms with Gasteiger partial charge in [0.05, 0.1) is 18.7 Å². The summed E-state index contributed by atoms with van der Waals surface area (Å²) < 4.78 is 17.1. The van der Waals surface area contributed by atoms with Crippen molar-refractivity contribution in [3.05, 3.63) is 43.0 Å². The fraction of sp³-hybridized carbons (Fsp3) is 0.692. The Hall–Kier alpha value is -2.17. The second-order valence-corrected chi connectivity index (χ2v) is 5.35. The summed E-state index contributed by atoms with van der Waals surface area (Å²) in [4.78, 5) is 28.5. The maximum Gasteiger partial charge on any atom is 0.328 e. The summed E-state index contributed by atoms with van der Waals surface area (Å²) in [6.45, 7) is 1.42. The zero-order valence-electron chi connectivity index (χ0n) is 13.4. The Labute approximate surface area is 136 Å². The van der Waals surface area contributed by atoms with E-state index >= 15 is 0 Å². The fourth-order valence-corrected chi connectivity index (χ4v) is 2.79. The van der Waals surface area contributed by atoms with Crippen LogP contribution in [0.2, 0.25) is 0 Å². The minimum Gasteiger partial charge on any atom is -0.388 e. The lowest BCUT2D eigenvalue weighted by Crippen LogP contribution is -2.43. The van der Waals surface area contributed by atoms with E-state index < -0.39 is 41.9 Å².